The molecule has 15 heavy (non-hydrogen) atoms. The van der Waals surface area contributed by atoms with Crippen molar-refractivity contribution in [3.63, 3.8) is 0 Å². The van der Waals surface area contributed by atoms with Crippen LogP contribution >= 0.6 is 0 Å². The highest BCUT2D eigenvalue weighted by molar-refractivity contribution is 5.53. The topological polar surface area (TPSA) is 94.4 Å². The molecule has 1 aromatic rings. The number of anilines is 1. The molecule has 5 N–H and O–H groups in total. The van der Waals surface area contributed by atoms with Crippen molar-refractivity contribution >= 4 is 5.69 Å². The van der Waals surface area contributed by atoms with E-state index in [-0.39, 0.29) is 18.0 Å². The summed E-state index contributed by atoms with van der Waals surface area (Å²) in [6, 6.07) is 0.899. The third-order valence-corrected chi connectivity index (χ3v) is 1.48. The van der Waals surface area contributed by atoms with Gasteiger partial charge in [-0.2, -0.15) is 0 Å². The van der Waals surface area contributed by atoms with Gasteiger partial charge >= 0.3 is 6.36 Å². The van der Waals surface area contributed by atoms with E-state index in [1.54, 1.807) is 0 Å². The molecule has 5 nitrogen and oxygen atoms in total. The highest BCUT2D eigenvalue weighted by atomic mass is 19.4. The van der Waals surface area contributed by atoms with Gasteiger partial charge in [-0.25, -0.2) is 4.98 Å². The van der Waals surface area contributed by atoms with Crippen molar-refractivity contribution in [2.45, 2.75) is 12.9 Å². The molecule has 84 valence electrons. The number of nitrogen functional groups attached to an aromatic ring is 1. The van der Waals surface area contributed by atoms with E-state index < -0.39 is 17.9 Å². The Labute approximate surface area is 82.5 Å². The summed E-state index contributed by atoms with van der Waals surface area (Å²) < 4.78 is 39.1. The number of pyridine rings is 1. The molecule has 1 aromatic heterocycles. The molecule has 0 aliphatic heterocycles. The van der Waals surface area contributed by atoms with Crippen LogP contribution < -0.4 is 16.2 Å². The van der Waals surface area contributed by atoms with Crippen molar-refractivity contribution in [2.75, 3.05) is 5.73 Å². The van der Waals surface area contributed by atoms with Gasteiger partial charge in [0.15, 0.2) is 0 Å². The maximum Gasteiger partial charge on any atom is 0.574 e. The van der Waals surface area contributed by atoms with Crippen molar-refractivity contribution in [2.24, 2.45) is 5.73 Å². The number of hydrogen-bond acceptors (Lipinski definition) is 5. The van der Waals surface area contributed by atoms with Crippen molar-refractivity contribution in [1.82, 2.24) is 4.98 Å². The molecule has 8 heteroatoms. The van der Waals surface area contributed by atoms with Gasteiger partial charge in [0.25, 0.3) is 0 Å². The molecule has 0 unspecified atom stereocenters. The van der Waals surface area contributed by atoms with Crippen molar-refractivity contribution < 1.29 is 23.0 Å². The number of aromatic hydroxyl groups is 1. The minimum Gasteiger partial charge on any atom is -0.506 e. The van der Waals surface area contributed by atoms with Gasteiger partial charge in [0.05, 0.1) is 11.4 Å². The van der Waals surface area contributed by atoms with Gasteiger partial charge in [0.2, 0.25) is 5.88 Å². The Bertz CT molecular complexity index is 367. The minimum absolute atomic E-state index is 0.122. The fourth-order valence-corrected chi connectivity index (χ4v) is 0.878. The molecule has 0 atom stereocenters. The summed E-state index contributed by atoms with van der Waals surface area (Å²) in [7, 11) is 0. The average molecular weight is 223 g/mol. The number of halogens is 3. The first-order valence-corrected chi connectivity index (χ1v) is 3.77. The van der Waals surface area contributed by atoms with Crippen LogP contribution in [0, 0.1) is 0 Å². The van der Waals surface area contributed by atoms with E-state index >= 15 is 0 Å². The quantitative estimate of drug-likeness (QED) is 0.686. The molecule has 0 amide bonds. The summed E-state index contributed by atoms with van der Waals surface area (Å²) in [4.78, 5) is 3.33. The summed E-state index contributed by atoms with van der Waals surface area (Å²) in [6.45, 7) is -0.222. The summed E-state index contributed by atoms with van der Waals surface area (Å²) in [5, 5.41) is 9.15. The van der Waals surface area contributed by atoms with Gasteiger partial charge in [-0.05, 0) is 0 Å². The van der Waals surface area contributed by atoms with Crippen molar-refractivity contribution in [1.29, 1.82) is 0 Å². The number of hydrogen-bond donors (Lipinski definition) is 3. The number of alkyl halides is 3. The first kappa shape index (κ1) is 11.4. The Morgan fingerprint density at radius 3 is 2.53 bits per heavy atom. The van der Waals surface area contributed by atoms with E-state index in [0.717, 1.165) is 6.07 Å². The summed E-state index contributed by atoms with van der Waals surface area (Å²) in [6.07, 6.45) is -4.88. The minimum atomic E-state index is -4.88. The van der Waals surface area contributed by atoms with Gasteiger partial charge in [-0.15, -0.1) is 13.2 Å². The Kier molecular flexibility index (Phi) is 2.89. The zero-order valence-electron chi connectivity index (χ0n) is 7.38. The van der Waals surface area contributed by atoms with Crippen molar-refractivity contribution in [3.8, 4) is 11.6 Å². The van der Waals surface area contributed by atoms with E-state index in [2.05, 4.69) is 9.72 Å². The van der Waals surface area contributed by atoms with Crippen LogP contribution in [-0.2, 0) is 6.54 Å². The lowest BCUT2D eigenvalue weighted by molar-refractivity contribution is -0.275. The first-order valence-electron chi connectivity index (χ1n) is 3.77. The lowest BCUT2D eigenvalue weighted by Gasteiger charge is -2.11. The largest absolute Gasteiger partial charge is 0.574 e. The predicted octanol–water partition coefficient (Wildman–Crippen LogP) is 0.727. The zero-order chi connectivity index (χ0) is 11.6. The fourth-order valence-electron chi connectivity index (χ4n) is 0.878. The third kappa shape index (κ3) is 2.88. The molecule has 1 heterocycles. The van der Waals surface area contributed by atoms with Crippen LogP contribution in [0.5, 0.6) is 11.6 Å². The molecule has 1 rings (SSSR count). The predicted molar refractivity (Wildman–Crippen MR) is 44.9 cm³/mol. The number of ether oxygens (including phenoxy) is 1. The van der Waals surface area contributed by atoms with E-state index in [0.29, 0.717) is 0 Å². The second-order valence-electron chi connectivity index (χ2n) is 2.60. The summed E-state index contributed by atoms with van der Waals surface area (Å²) >= 11 is 0. The standard InChI is InChI=1S/C7H8F3N3O2/c8-7(9,10)15-6-3(12)1-5(14)4(2-11)13-6/h1,14H,2,11-12H2. The molecular weight excluding hydrogens is 215 g/mol. The molecule has 0 aliphatic rings. The molecule has 0 bridgehead atoms. The summed E-state index contributed by atoms with van der Waals surface area (Å²) in [5.41, 5.74) is 9.76. The second-order valence-corrected chi connectivity index (χ2v) is 2.60. The van der Waals surface area contributed by atoms with Crippen LogP contribution in [-0.4, -0.2) is 16.5 Å². The van der Waals surface area contributed by atoms with Crippen LogP contribution in [0.4, 0.5) is 18.9 Å². The van der Waals surface area contributed by atoms with Crippen LogP contribution in [0.15, 0.2) is 6.07 Å². The number of nitrogens with two attached hydrogens (primary N) is 2. The van der Waals surface area contributed by atoms with Crippen LogP contribution in [0.3, 0.4) is 0 Å². The molecular formula is C7H8F3N3O2. The highest BCUT2D eigenvalue weighted by Gasteiger charge is 2.33. The molecule has 0 spiro atoms. The van der Waals surface area contributed by atoms with Gasteiger partial charge in [0.1, 0.15) is 5.75 Å². The number of aromatic nitrogens is 1. The van der Waals surface area contributed by atoms with Gasteiger partial charge in [-0.3, -0.25) is 0 Å². The van der Waals surface area contributed by atoms with E-state index in [4.69, 9.17) is 16.6 Å². The van der Waals surface area contributed by atoms with Crippen LogP contribution in [0.1, 0.15) is 5.69 Å². The second kappa shape index (κ2) is 3.81. The Balaban J connectivity index is 3.08. The molecule has 0 aliphatic carbocycles. The monoisotopic (exact) mass is 223 g/mol. The SMILES string of the molecule is NCc1nc(OC(F)(F)F)c(N)cc1O. The number of nitrogens with zero attached hydrogens (tertiary/aromatic N) is 1. The molecule has 0 saturated carbocycles. The smallest absolute Gasteiger partial charge is 0.506 e. The summed E-state index contributed by atoms with van der Waals surface area (Å²) in [5.74, 6) is -1.19. The lowest BCUT2D eigenvalue weighted by atomic mass is 10.3. The van der Waals surface area contributed by atoms with E-state index in [1.165, 1.54) is 0 Å². The lowest BCUT2D eigenvalue weighted by Crippen LogP contribution is -2.19. The molecule has 0 aromatic carbocycles. The van der Waals surface area contributed by atoms with Gasteiger partial charge in [0, 0.05) is 12.6 Å². The zero-order valence-corrected chi connectivity index (χ0v) is 7.38. The normalized spacial score (nSPS) is 11.5. The third-order valence-electron chi connectivity index (χ3n) is 1.48. The van der Waals surface area contributed by atoms with Crippen molar-refractivity contribution in [3.05, 3.63) is 11.8 Å². The highest BCUT2D eigenvalue weighted by Crippen LogP contribution is 2.30. The number of rotatable bonds is 2. The molecule has 0 saturated heterocycles. The maximum absolute atomic E-state index is 11.8. The van der Waals surface area contributed by atoms with Crippen LogP contribution in [0.25, 0.3) is 0 Å². The Hall–Kier alpha value is -1.70. The van der Waals surface area contributed by atoms with Gasteiger partial charge < -0.3 is 21.3 Å². The average Bonchev–Trinajstić information content (AvgIpc) is 2.07. The maximum atomic E-state index is 11.8. The van der Waals surface area contributed by atoms with E-state index in [1.807, 2.05) is 0 Å². The Morgan fingerprint density at radius 1 is 1.47 bits per heavy atom. The molecule has 0 fully saturated rings. The van der Waals surface area contributed by atoms with E-state index in [9.17, 15) is 13.2 Å². The van der Waals surface area contributed by atoms with Gasteiger partial charge in [-0.1, -0.05) is 0 Å². The first-order chi connectivity index (χ1) is 6.83. The molecule has 0 radical (unpaired) electrons. The van der Waals surface area contributed by atoms with Crippen LogP contribution in [0.2, 0.25) is 0 Å². The fraction of sp³-hybridized carbons (Fsp3) is 0.286. The Morgan fingerprint density at radius 2 is 2.07 bits per heavy atom.